The van der Waals surface area contributed by atoms with Gasteiger partial charge in [-0.05, 0) is 36.8 Å². The summed E-state index contributed by atoms with van der Waals surface area (Å²) in [5.74, 6) is 0.151. The van der Waals surface area contributed by atoms with Crippen LogP contribution in [0.5, 0.6) is 0 Å². The molecule has 0 spiro atoms. The van der Waals surface area contributed by atoms with E-state index in [9.17, 15) is 4.79 Å². The summed E-state index contributed by atoms with van der Waals surface area (Å²) < 4.78 is 0. The summed E-state index contributed by atoms with van der Waals surface area (Å²) in [4.78, 5) is 14.2. The Hall–Kier alpha value is -1.06. The molecule has 2 N–H and O–H groups in total. The van der Waals surface area contributed by atoms with Gasteiger partial charge < -0.3 is 10.6 Å². The quantitative estimate of drug-likeness (QED) is 0.844. The summed E-state index contributed by atoms with van der Waals surface area (Å²) >= 11 is 0. The van der Waals surface area contributed by atoms with Gasteiger partial charge in [-0.25, -0.2) is 0 Å². The normalized spacial score (nSPS) is 20.4. The molecule has 1 aliphatic heterocycles. The molecule has 0 radical (unpaired) electrons. The van der Waals surface area contributed by atoms with Crippen molar-refractivity contribution in [2.24, 2.45) is 5.73 Å². The van der Waals surface area contributed by atoms with E-state index >= 15 is 0 Å². The molecule has 1 aliphatic carbocycles. The fourth-order valence-electron chi connectivity index (χ4n) is 2.76. The number of hydrogen-bond donors (Lipinski definition) is 1. The Labute approximate surface area is 114 Å². The number of nitrogens with two attached hydrogens (primary N) is 1. The van der Waals surface area contributed by atoms with Crippen LogP contribution in [0.4, 0.5) is 0 Å². The molecule has 18 heavy (non-hydrogen) atoms. The molecule has 0 atom stereocenters. The maximum absolute atomic E-state index is 12.3. The summed E-state index contributed by atoms with van der Waals surface area (Å²) in [6.07, 6.45) is 3.75. The van der Waals surface area contributed by atoms with Crippen LogP contribution in [0.3, 0.4) is 0 Å². The second-order valence-electron chi connectivity index (χ2n) is 5.26. The van der Waals surface area contributed by atoms with Gasteiger partial charge in [0.2, 0.25) is 5.91 Å². The molecule has 98 valence electrons. The van der Waals surface area contributed by atoms with Crippen LogP contribution in [0.25, 0.3) is 0 Å². The summed E-state index contributed by atoms with van der Waals surface area (Å²) in [6.45, 7) is 1.54. The average Bonchev–Trinajstić information content (AvgIpc) is 2.34. The lowest BCUT2D eigenvalue weighted by Crippen LogP contribution is -2.60. The van der Waals surface area contributed by atoms with Gasteiger partial charge in [0, 0.05) is 13.1 Å². The fourth-order valence-corrected chi connectivity index (χ4v) is 2.76. The zero-order chi connectivity index (χ0) is 11.9. The number of fused-ring (bicyclic) bond motifs is 1. The highest BCUT2D eigenvalue weighted by molar-refractivity contribution is 5.87. The first-order valence-electron chi connectivity index (χ1n) is 6.34. The van der Waals surface area contributed by atoms with Gasteiger partial charge in [-0.1, -0.05) is 24.3 Å². The van der Waals surface area contributed by atoms with Crippen LogP contribution in [0, 0.1) is 0 Å². The van der Waals surface area contributed by atoms with Crippen LogP contribution >= 0.6 is 12.4 Å². The molecule has 1 aromatic carbocycles. The zero-order valence-corrected chi connectivity index (χ0v) is 11.2. The van der Waals surface area contributed by atoms with Crippen molar-refractivity contribution >= 4 is 18.3 Å². The summed E-state index contributed by atoms with van der Waals surface area (Å²) in [5, 5.41) is 0. The highest BCUT2D eigenvalue weighted by atomic mass is 35.5. The molecule has 3 rings (SSSR count). The van der Waals surface area contributed by atoms with Gasteiger partial charge in [-0.15, -0.1) is 12.4 Å². The number of hydrogen-bond acceptors (Lipinski definition) is 2. The number of amides is 1. The monoisotopic (exact) mass is 266 g/mol. The molecule has 0 bridgehead atoms. The van der Waals surface area contributed by atoms with E-state index in [4.69, 9.17) is 5.73 Å². The molecular formula is C14H19ClN2O. The summed E-state index contributed by atoms with van der Waals surface area (Å²) in [5.41, 5.74) is 8.20. The van der Waals surface area contributed by atoms with Gasteiger partial charge in [0.05, 0.1) is 5.54 Å². The molecule has 1 saturated carbocycles. The first kappa shape index (κ1) is 13.4. The lowest BCUT2D eigenvalue weighted by Gasteiger charge is -2.41. The van der Waals surface area contributed by atoms with Gasteiger partial charge in [0.1, 0.15) is 0 Å². The molecule has 0 unspecified atom stereocenters. The van der Waals surface area contributed by atoms with Crippen molar-refractivity contribution in [1.29, 1.82) is 0 Å². The molecule has 2 aliphatic rings. The van der Waals surface area contributed by atoms with Gasteiger partial charge in [-0.2, -0.15) is 0 Å². The Morgan fingerprint density at radius 1 is 1.22 bits per heavy atom. The van der Waals surface area contributed by atoms with E-state index in [1.54, 1.807) is 0 Å². The highest BCUT2D eigenvalue weighted by Crippen LogP contribution is 2.32. The lowest BCUT2D eigenvalue weighted by atomic mass is 9.76. The number of carbonyl (C=O) groups is 1. The van der Waals surface area contributed by atoms with Crippen molar-refractivity contribution in [2.75, 3.05) is 6.54 Å². The zero-order valence-electron chi connectivity index (χ0n) is 10.4. The third-order valence-corrected chi connectivity index (χ3v) is 4.09. The predicted molar refractivity (Wildman–Crippen MR) is 73.6 cm³/mol. The standard InChI is InChI=1S/C14H18N2O.ClH/c15-14(7-3-8-14)13(17)16-9-6-11-4-1-2-5-12(11)10-16;/h1-2,4-5H,3,6-10,15H2;1H. The molecule has 4 heteroatoms. The van der Waals surface area contributed by atoms with Gasteiger partial charge >= 0.3 is 0 Å². The number of halogens is 1. The minimum Gasteiger partial charge on any atom is -0.336 e. The topological polar surface area (TPSA) is 46.3 Å². The minimum absolute atomic E-state index is 0. The predicted octanol–water partition coefficient (Wildman–Crippen LogP) is 1.87. The highest BCUT2D eigenvalue weighted by Gasteiger charge is 2.43. The van der Waals surface area contributed by atoms with E-state index in [2.05, 4.69) is 18.2 Å². The molecule has 0 aromatic heterocycles. The Morgan fingerprint density at radius 3 is 2.50 bits per heavy atom. The number of carbonyl (C=O) groups excluding carboxylic acids is 1. The van der Waals surface area contributed by atoms with Crippen molar-refractivity contribution in [2.45, 2.75) is 37.8 Å². The third-order valence-electron chi connectivity index (χ3n) is 4.09. The van der Waals surface area contributed by atoms with Crippen LogP contribution in [0.15, 0.2) is 24.3 Å². The van der Waals surface area contributed by atoms with Crippen LogP contribution in [-0.4, -0.2) is 22.9 Å². The van der Waals surface area contributed by atoms with Crippen molar-refractivity contribution < 1.29 is 4.79 Å². The van der Waals surface area contributed by atoms with Gasteiger partial charge in [0.25, 0.3) is 0 Å². The Morgan fingerprint density at radius 2 is 1.89 bits per heavy atom. The van der Waals surface area contributed by atoms with Crippen molar-refractivity contribution in [3.63, 3.8) is 0 Å². The SMILES string of the molecule is Cl.NC1(C(=O)N2CCc3ccccc3C2)CCC1. The van der Waals surface area contributed by atoms with E-state index in [1.165, 1.54) is 11.1 Å². The molecule has 1 aromatic rings. The number of rotatable bonds is 1. The Bertz CT molecular complexity index is 457. The summed E-state index contributed by atoms with van der Waals surface area (Å²) in [7, 11) is 0. The van der Waals surface area contributed by atoms with Crippen LogP contribution in [-0.2, 0) is 17.8 Å². The Balaban J connectivity index is 0.00000120. The minimum atomic E-state index is -0.549. The van der Waals surface area contributed by atoms with E-state index in [0.717, 1.165) is 38.8 Å². The first-order valence-corrected chi connectivity index (χ1v) is 6.34. The van der Waals surface area contributed by atoms with Crippen molar-refractivity contribution in [1.82, 2.24) is 4.90 Å². The van der Waals surface area contributed by atoms with Crippen LogP contribution in [0.2, 0.25) is 0 Å². The van der Waals surface area contributed by atoms with Crippen LogP contribution < -0.4 is 5.73 Å². The number of nitrogens with zero attached hydrogens (tertiary/aromatic N) is 1. The van der Waals surface area contributed by atoms with E-state index in [-0.39, 0.29) is 18.3 Å². The van der Waals surface area contributed by atoms with Crippen molar-refractivity contribution in [3.8, 4) is 0 Å². The molecule has 1 heterocycles. The first-order chi connectivity index (χ1) is 8.19. The largest absolute Gasteiger partial charge is 0.336 e. The lowest BCUT2D eigenvalue weighted by molar-refractivity contribution is -0.141. The molecule has 3 nitrogen and oxygen atoms in total. The van der Waals surface area contributed by atoms with Crippen LogP contribution in [0.1, 0.15) is 30.4 Å². The smallest absolute Gasteiger partial charge is 0.242 e. The maximum Gasteiger partial charge on any atom is 0.242 e. The molecule has 1 fully saturated rings. The van der Waals surface area contributed by atoms with E-state index < -0.39 is 5.54 Å². The molecule has 1 amide bonds. The molecule has 0 saturated heterocycles. The van der Waals surface area contributed by atoms with Crippen molar-refractivity contribution in [3.05, 3.63) is 35.4 Å². The second kappa shape index (κ2) is 4.90. The Kier molecular flexibility index (Phi) is 3.64. The number of benzene rings is 1. The maximum atomic E-state index is 12.3. The third kappa shape index (κ3) is 2.13. The van der Waals surface area contributed by atoms with Gasteiger partial charge in [-0.3, -0.25) is 4.79 Å². The van der Waals surface area contributed by atoms with E-state index in [1.807, 2.05) is 11.0 Å². The second-order valence-corrected chi connectivity index (χ2v) is 5.26. The fraction of sp³-hybridized carbons (Fsp3) is 0.500. The van der Waals surface area contributed by atoms with Gasteiger partial charge in [0.15, 0.2) is 0 Å². The average molecular weight is 267 g/mol. The molecular weight excluding hydrogens is 248 g/mol. The summed E-state index contributed by atoms with van der Waals surface area (Å²) in [6, 6.07) is 8.36. The van der Waals surface area contributed by atoms with E-state index in [0.29, 0.717) is 0 Å².